The molecule has 1 amide bonds. The summed E-state index contributed by atoms with van der Waals surface area (Å²) in [5.41, 5.74) is 0.889. The van der Waals surface area contributed by atoms with E-state index in [1.807, 2.05) is 13.8 Å². The Morgan fingerprint density at radius 3 is 2.52 bits per heavy atom. The Bertz CT molecular complexity index is 516. The molecule has 0 spiro atoms. The molecule has 0 radical (unpaired) electrons. The predicted octanol–water partition coefficient (Wildman–Crippen LogP) is 2.90. The molecule has 2 bridgehead atoms. The zero-order chi connectivity index (χ0) is 15.0. The lowest BCUT2D eigenvalue weighted by Gasteiger charge is -2.37. The molecule has 2 saturated heterocycles. The van der Waals surface area contributed by atoms with Gasteiger partial charge in [-0.25, -0.2) is 4.98 Å². The minimum atomic E-state index is 0.200. The zero-order valence-electron chi connectivity index (χ0n) is 13.2. The van der Waals surface area contributed by atoms with Gasteiger partial charge in [0, 0.05) is 24.7 Å². The summed E-state index contributed by atoms with van der Waals surface area (Å²) < 4.78 is 0. The van der Waals surface area contributed by atoms with Crippen molar-refractivity contribution in [2.45, 2.75) is 71.0 Å². The number of nitrogens with zero attached hydrogens (tertiary/aromatic N) is 2. The fraction of sp³-hybridized carbons (Fsp3) is 0.750. The van der Waals surface area contributed by atoms with Crippen molar-refractivity contribution in [3.05, 3.63) is 15.6 Å². The number of thiazole rings is 1. The minimum absolute atomic E-state index is 0.200. The quantitative estimate of drug-likeness (QED) is 0.930. The molecule has 5 heteroatoms. The Morgan fingerprint density at radius 1 is 1.33 bits per heavy atom. The molecule has 2 fully saturated rings. The number of piperidine rings is 1. The van der Waals surface area contributed by atoms with E-state index in [0.29, 0.717) is 18.1 Å². The second-order valence-corrected chi connectivity index (χ2v) is 7.61. The molecular formula is C16H25N3OS. The van der Waals surface area contributed by atoms with Crippen molar-refractivity contribution < 1.29 is 4.79 Å². The van der Waals surface area contributed by atoms with Gasteiger partial charge in [-0.2, -0.15) is 0 Å². The molecule has 0 aromatic carbocycles. The van der Waals surface area contributed by atoms with Crippen molar-refractivity contribution in [3.63, 3.8) is 0 Å². The maximum absolute atomic E-state index is 13.0. The first kappa shape index (κ1) is 15.0. The van der Waals surface area contributed by atoms with Gasteiger partial charge in [-0.05, 0) is 46.0 Å². The Kier molecular flexibility index (Phi) is 4.31. The standard InChI is InChI=1S/C16H25N3OS/c1-4-7-19(14-8-12-5-6-13(9-14)18-12)16(20)15-10(2)17-11(3)21-15/h12-14,18H,4-9H2,1-3H3. The van der Waals surface area contributed by atoms with Crippen LogP contribution in [0.2, 0.25) is 0 Å². The van der Waals surface area contributed by atoms with Crippen molar-refractivity contribution in [1.29, 1.82) is 0 Å². The van der Waals surface area contributed by atoms with Gasteiger partial charge in [0.15, 0.2) is 0 Å². The zero-order valence-corrected chi connectivity index (χ0v) is 14.0. The van der Waals surface area contributed by atoms with Crippen molar-refractivity contribution in [2.75, 3.05) is 6.54 Å². The maximum atomic E-state index is 13.0. The lowest BCUT2D eigenvalue weighted by atomic mass is 9.97. The van der Waals surface area contributed by atoms with Gasteiger partial charge in [0.25, 0.3) is 5.91 Å². The number of carbonyl (C=O) groups is 1. The van der Waals surface area contributed by atoms with E-state index >= 15 is 0 Å². The first-order valence-electron chi connectivity index (χ1n) is 8.09. The van der Waals surface area contributed by atoms with Gasteiger partial charge in [0.1, 0.15) is 4.88 Å². The number of hydrogen-bond donors (Lipinski definition) is 1. The van der Waals surface area contributed by atoms with E-state index in [2.05, 4.69) is 22.1 Å². The van der Waals surface area contributed by atoms with Gasteiger partial charge < -0.3 is 10.2 Å². The van der Waals surface area contributed by atoms with E-state index in [4.69, 9.17) is 0 Å². The topological polar surface area (TPSA) is 45.2 Å². The molecule has 2 aliphatic rings. The number of nitrogens with one attached hydrogen (secondary N) is 1. The smallest absolute Gasteiger partial charge is 0.266 e. The van der Waals surface area contributed by atoms with Gasteiger partial charge >= 0.3 is 0 Å². The molecule has 0 saturated carbocycles. The van der Waals surface area contributed by atoms with Crippen LogP contribution >= 0.6 is 11.3 Å². The molecule has 3 rings (SSSR count). The van der Waals surface area contributed by atoms with E-state index in [-0.39, 0.29) is 5.91 Å². The Labute approximate surface area is 130 Å². The van der Waals surface area contributed by atoms with Crippen LogP contribution in [-0.2, 0) is 0 Å². The van der Waals surface area contributed by atoms with Gasteiger partial charge in [0.2, 0.25) is 0 Å². The molecule has 2 aliphatic heterocycles. The first-order valence-corrected chi connectivity index (χ1v) is 8.91. The third-order valence-corrected chi connectivity index (χ3v) is 5.77. The average molecular weight is 307 g/mol. The molecule has 1 aromatic rings. The molecule has 4 nitrogen and oxygen atoms in total. The van der Waals surface area contributed by atoms with Crippen molar-refractivity contribution >= 4 is 17.2 Å². The van der Waals surface area contributed by atoms with Crippen LogP contribution in [0.15, 0.2) is 0 Å². The Morgan fingerprint density at radius 2 is 2.00 bits per heavy atom. The van der Waals surface area contributed by atoms with E-state index < -0.39 is 0 Å². The van der Waals surface area contributed by atoms with Crippen LogP contribution in [0, 0.1) is 13.8 Å². The number of amides is 1. The number of carbonyl (C=O) groups excluding carboxylic acids is 1. The second kappa shape index (κ2) is 6.05. The molecule has 116 valence electrons. The molecule has 1 aromatic heterocycles. The minimum Gasteiger partial charge on any atom is -0.335 e. The fourth-order valence-electron chi connectivity index (χ4n) is 3.83. The highest BCUT2D eigenvalue weighted by atomic mass is 32.1. The van der Waals surface area contributed by atoms with Gasteiger partial charge in [0.05, 0.1) is 10.7 Å². The number of rotatable bonds is 4. The summed E-state index contributed by atoms with van der Waals surface area (Å²) in [6.07, 6.45) is 5.78. The largest absolute Gasteiger partial charge is 0.335 e. The highest BCUT2D eigenvalue weighted by molar-refractivity contribution is 7.13. The SMILES string of the molecule is CCCN(C(=O)c1sc(C)nc1C)C1CC2CCC(C1)N2. The number of aromatic nitrogens is 1. The monoisotopic (exact) mass is 307 g/mol. The summed E-state index contributed by atoms with van der Waals surface area (Å²) in [4.78, 5) is 20.4. The fourth-order valence-corrected chi connectivity index (χ4v) is 4.71. The predicted molar refractivity (Wildman–Crippen MR) is 85.9 cm³/mol. The maximum Gasteiger partial charge on any atom is 0.266 e. The molecule has 3 heterocycles. The van der Waals surface area contributed by atoms with E-state index in [1.165, 1.54) is 24.2 Å². The van der Waals surface area contributed by atoms with Crippen LogP contribution < -0.4 is 5.32 Å². The third-order valence-electron chi connectivity index (χ3n) is 4.71. The van der Waals surface area contributed by atoms with Crippen molar-refractivity contribution in [3.8, 4) is 0 Å². The highest BCUT2D eigenvalue weighted by Gasteiger charge is 2.38. The van der Waals surface area contributed by atoms with Crippen LogP contribution in [-0.4, -0.2) is 40.5 Å². The van der Waals surface area contributed by atoms with E-state index in [1.54, 1.807) is 0 Å². The second-order valence-electron chi connectivity index (χ2n) is 6.41. The third kappa shape index (κ3) is 2.99. The van der Waals surface area contributed by atoms with Gasteiger partial charge in [-0.3, -0.25) is 4.79 Å². The van der Waals surface area contributed by atoms with Crippen LogP contribution in [0.4, 0.5) is 0 Å². The van der Waals surface area contributed by atoms with Crippen molar-refractivity contribution in [2.24, 2.45) is 0 Å². The normalized spacial score (nSPS) is 27.9. The van der Waals surface area contributed by atoms with Gasteiger partial charge in [-0.15, -0.1) is 11.3 Å². The number of aryl methyl sites for hydroxylation is 2. The molecule has 2 atom stereocenters. The lowest BCUT2D eigenvalue weighted by molar-refractivity contribution is 0.0621. The summed E-state index contributed by atoms with van der Waals surface area (Å²) in [5.74, 6) is 0.200. The Hall–Kier alpha value is -0.940. The molecule has 2 unspecified atom stereocenters. The summed E-state index contributed by atoms with van der Waals surface area (Å²) >= 11 is 1.54. The van der Waals surface area contributed by atoms with E-state index in [0.717, 1.165) is 41.4 Å². The number of hydrogen-bond acceptors (Lipinski definition) is 4. The summed E-state index contributed by atoms with van der Waals surface area (Å²) in [6.45, 7) is 6.94. The summed E-state index contributed by atoms with van der Waals surface area (Å²) in [7, 11) is 0. The first-order chi connectivity index (χ1) is 10.1. The average Bonchev–Trinajstić information content (AvgIpc) is 2.97. The number of fused-ring (bicyclic) bond motifs is 2. The molecule has 21 heavy (non-hydrogen) atoms. The molecular weight excluding hydrogens is 282 g/mol. The van der Waals surface area contributed by atoms with Crippen LogP contribution in [0.5, 0.6) is 0 Å². The van der Waals surface area contributed by atoms with Crippen LogP contribution in [0.1, 0.15) is 59.4 Å². The molecule has 1 N–H and O–H groups in total. The van der Waals surface area contributed by atoms with E-state index in [9.17, 15) is 4.79 Å². The summed E-state index contributed by atoms with van der Waals surface area (Å²) in [6, 6.07) is 1.63. The highest BCUT2D eigenvalue weighted by Crippen LogP contribution is 2.31. The summed E-state index contributed by atoms with van der Waals surface area (Å²) in [5, 5.41) is 4.65. The molecule has 0 aliphatic carbocycles. The van der Waals surface area contributed by atoms with Crippen LogP contribution in [0.25, 0.3) is 0 Å². The Balaban J connectivity index is 1.80. The van der Waals surface area contributed by atoms with Crippen molar-refractivity contribution in [1.82, 2.24) is 15.2 Å². The lowest BCUT2D eigenvalue weighted by Crippen LogP contribution is -2.50. The van der Waals surface area contributed by atoms with Gasteiger partial charge in [-0.1, -0.05) is 6.92 Å². The van der Waals surface area contributed by atoms with Crippen LogP contribution in [0.3, 0.4) is 0 Å².